The van der Waals surface area contributed by atoms with Gasteiger partial charge in [-0.15, -0.1) is 0 Å². The van der Waals surface area contributed by atoms with Gasteiger partial charge in [-0.05, 0) is 57.2 Å². The van der Waals surface area contributed by atoms with Gasteiger partial charge < -0.3 is 14.2 Å². The highest BCUT2D eigenvalue weighted by Gasteiger charge is 2.28. The van der Waals surface area contributed by atoms with Crippen molar-refractivity contribution in [2.75, 3.05) is 11.9 Å². The van der Waals surface area contributed by atoms with Crippen molar-refractivity contribution in [2.45, 2.75) is 124 Å². The SMILES string of the molecule is CC=C(CCCCCCCCCCCC)C(OC(=O)Nc1ccc(F)c(OC(C)C)c1)C(=O)OCC(C)C. The molecular formula is C31H50FNO5. The summed E-state index contributed by atoms with van der Waals surface area (Å²) in [6.07, 6.45) is 12.4. The second-order valence-electron chi connectivity index (χ2n) is 10.5. The average molecular weight is 536 g/mol. The number of unbranched alkanes of at least 4 members (excludes halogenated alkanes) is 9. The Bertz CT molecular complexity index is 853. The van der Waals surface area contributed by atoms with Crippen LogP contribution in [0.4, 0.5) is 14.9 Å². The number of esters is 1. The lowest BCUT2D eigenvalue weighted by molar-refractivity contribution is -0.152. The maximum absolute atomic E-state index is 14.0. The van der Waals surface area contributed by atoms with E-state index in [2.05, 4.69) is 12.2 Å². The number of carbonyl (C=O) groups is 2. The molecule has 0 aliphatic carbocycles. The summed E-state index contributed by atoms with van der Waals surface area (Å²) in [7, 11) is 0. The Kier molecular flexibility index (Phi) is 17.2. The molecule has 0 fully saturated rings. The van der Waals surface area contributed by atoms with Crippen molar-refractivity contribution >= 4 is 17.7 Å². The lowest BCUT2D eigenvalue weighted by Crippen LogP contribution is -2.33. The molecule has 0 aliphatic heterocycles. The lowest BCUT2D eigenvalue weighted by Gasteiger charge is -2.21. The largest absolute Gasteiger partial charge is 0.488 e. The molecule has 1 aromatic rings. The standard InChI is InChI=1S/C31H50FNO5/c1-7-9-10-11-12-13-14-15-16-17-18-25(8-2)29(30(34)36-22-23(3)4)38-31(35)33-26-19-20-27(32)28(21-26)37-24(5)6/h8,19-21,23-24,29H,7,9-18,22H2,1-6H3,(H,33,35). The Morgan fingerprint density at radius 2 is 1.55 bits per heavy atom. The number of hydrogen-bond donors (Lipinski definition) is 1. The third-order valence-corrected chi connectivity index (χ3v) is 6.06. The molecular weight excluding hydrogens is 485 g/mol. The van der Waals surface area contributed by atoms with Gasteiger partial charge in [-0.1, -0.05) is 84.6 Å². The van der Waals surface area contributed by atoms with Gasteiger partial charge in [0.25, 0.3) is 0 Å². The fourth-order valence-corrected chi connectivity index (χ4v) is 4.02. The van der Waals surface area contributed by atoms with Gasteiger partial charge in [0.2, 0.25) is 6.10 Å². The van der Waals surface area contributed by atoms with E-state index in [0.29, 0.717) is 12.1 Å². The molecule has 0 aromatic heterocycles. The third kappa shape index (κ3) is 14.4. The summed E-state index contributed by atoms with van der Waals surface area (Å²) in [4.78, 5) is 25.6. The van der Waals surface area contributed by atoms with Crippen LogP contribution in [0.15, 0.2) is 29.8 Å². The first-order valence-corrected chi connectivity index (χ1v) is 14.4. The molecule has 1 unspecified atom stereocenters. The van der Waals surface area contributed by atoms with E-state index in [4.69, 9.17) is 14.2 Å². The van der Waals surface area contributed by atoms with Gasteiger partial charge in [0.15, 0.2) is 11.6 Å². The Labute approximate surface area is 229 Å². The van der Waals surface area contributed by atoms with Gasteiger partial charge in [-0.25, -0.2) is 14.0 Å². The van der Waals surface area contributed by atoms with Crippen molar-refractivity contribution in [3.05, 3.63) is 35.7 Å². The van der Waals surface area contributed by atoms with Gasteiger partial charge in [-0.3, -0.25) is 5.32 Å². The number of ether oxygens (including phenoxy) is 3. The first-order chi connectivity index (χ1) is 18.2. The molecule has 7 heteroatoms. The van der Waals surface area contributed by atoms with E-state index < -0.39 is 24.0 Å². The molecule has 0 spiro atoms. The van der Waals surface area contributed by atoms with Gasteiger partial charge in [0, 0.05) is 11.8 Å². The Morgan fingerprint density at radius 1 is 0.947 bits per heavy atom. The van der Waals surface area contributed by atoms with Crippen LogP contribution in [0.25, 0.3) is 0 Å². The minimum atomic E-state index is -1.14. The first kappa shape index (κ1) is 33.5. The van der Waals surface area contributed by atoms with Crippen LogP contribution < -0.4 is 10.1 Å². The molecule has 1 amide bonds. The van der Waals surface area contributed by atoms with Crippen molar-refractivity contribution in [3.8, 4) is 5.75 Å². The average Bonchev–Trinajstić information content (AvgIpc) is 2.86. The normalized spacial score (nSPS) is 12.5. The molecule has 216 valence electrons. The minimum Gasteiger partial charge on any atom is -0.488 e. The summed E-state index contributed by atoms with van der Waals surface area (Å²) >= 11 is 0. The van der Waals surface area contributed by atoms with Crippen LogP contribution >= 0.6 is 0 Å². The maximum Gasteiger partial charge on any atom is 0.412 e. The van der Waals surface area contributed by atoms with E-state index in [1.807, 2.05) is 26.8 Å². The van der Waals surface area contributed by atoms with E-state index in [-0.39, 0.29) is 24.4 Å². The topological polar surface area (TPSA) is 73.9 Å². The van der Waals surface area contributed by atoms with Crippen molar-refractivity contribution < 1.29 is 28.2 Å². The van der Waals surface area contributed by atoms with Crippen molar-refractivity contribution in [2.24, 2.45) is 5.92 Å². The van der Waals surface area contributed by atoms with Crippen molar-refractivity contribution in [3.63, 3.8) is 0 Å². The number of halogens is 1. The van der Waals surface area contributed by atoms with Crippen LogP contribution in [0.2, 0.25) is 0 Å². The van der Waals surface area contributed by atoms with Gasteiger partial charge in [0.1, 0.15) is 0 Å². The number of anilines is 1. The van der Waals surface area contributed by atoms with E-state index in [0.717, 1.165) is 24.8 Å². The number of allylic oxidation sites excluding steroid dienone is 1. The number of rotatable bonds is 19. The molecule has 0 radical (unpaired) electrons. The summed E-state index contributed by atoms with van der Waals surface area (Å²) in [6, 6.07) is 4.02. The minimum absolute atomic E-state index is 0.0285. The predicted molar refractivity (Wildman–Crippen MR) is 152 cm³/mol. The molecule has 0 bridgehead atoms. The summed E-state index contributed by atoms with van der Waals surface area (Å²) in [5.41, 5.74) is 1.02. The molecule has 0 saturated heterocycles. The van der Waals surface area contributed by atoms with E-state index in [1.54, 1.807) is 13.8 Å². The number of amides is 1. The highest BCUT2D eigenvalue weighted by atomic mass is 19.1. The highest BCUT2D eigenvalue weighted by molar-refractivity contribution is 5.88. The molecule has 1 aromatic carbocycles. The Balaban J connectivity index is 2.71. The fraction of sp³-hybridized carbons (Fsp3) is 0.677. The van der Waals surface area contributed by atoms with Gasteiger partial charge >= 0.3 is 12.1 Å². The lowest BCUT2D eigenvalue weighted by atomic mass is 10.00. The van der Waals surface area contributed by atoms with E-state index >= 15 is 0 Å². The predicted octanol–water partition coefficient (Wildman–Crippen LogP) is 8.99. The second-order valence-corrected chi connectivity index (χ2v) is 10.5. The van der Waals surface area contributed by atoms with E-state index in [1.165, 1.54) is 63.1 Å². The second kappa shape index (κ2) is 19.5. The van der Waals surface area contributed by atoms with Crippen LogP contribution in [0.5, 0.6) is 5.75 Å². The fourth-order valence-electron chi connectivity index (χ4n) is 4.02. The number of nitrogens with one attached hydrogen (secondary N) is 1. The molecule has 0 heterocycles. The molecule has 6 nitrogen and oxygen atoms in total. The summed E-state index contributed by atoms with van der Waals surface area (Å²) < 4.78 is 30.5. The summed E-state index contributed by atoms with van der Waals surface area (Å²) in [6.45, 7) is 11.8. The van der Waals surface area contributed by atoms with Gasteiger partial charge in [0.05, 0.1) is 12.7 Å². The van der Waals surface area contributed by atoms with Crippen LogP contribution in [0, 0.1) is 11.7 Å². The van der Waals surface area contributed by atoms with E-state index in [9.17, 15) is 14.0 Å². The van der Waals surface area contributed by atoms with Crippen LogP contribution in [0.1, 0.15) is 112 Å². The van der Waals surface area contributed by atoms with Crippen LogP contribution in [-0.4, -0.2) is 30.9 Å². The Hall–Kier alpha value is -2.57. The monoisotopic (exact) mass is 535 g/mol. The molecule has 1 N–H and O–H groups in total. The molecule has 1 rings (SSSR count). The first-order valence-electron chi connectivity index (χ1n) is 14.4. The zero-order chi connectivity index (χ0) is 28.3. The molecule has 1 atom stereocenters. The maximum atomic E-state index is 14.0. The third-order valence-electron chi connectivity index (χ3n) is 6.06. The Morgan fingerprint density at radius 3 is 2.11 bits per heavy atom. The zero-order valence-electron chi connectivity index (χ0n) is 24.4. The number of carbonyl (C=O) groups excluding carboxylic acids is 2. The van der Waals surface area contributed by atoms with Crippen molar-refractivity contribution in [1.82, 2.24) is 0 Å². The molecule has 38 heavy (non-hydrogen) atoms. The zero-order valence-corrected chi connectivity index (χ0v) is 24.4. The summed E-state index contributed by atoms with van der Waals surface area (Å²) in [5, 5.41) is 2.58. The smallest absolute Gasteiger partial charge is 0.412 e. The molecule has 0 saturated carbocycles. The molecule has 0 aliphatic rings. The van der Waals surface area contributed by atoms with Gasteiger partial charge in [-0.2, -0.15) is 0 Å². The van der Waals surface area contributed by atoms with Crippen molar-refractivity contribution in [1.29, 1.82) is 0 Å². The quantitative estimate of drug-likeness (QED) is 0.109. The summed E-state index contributed by atoms with van der Waals surface area (Å²) in [5.74, 6) is -0.929. The number of hydrogen-bond acceptors (Lipinski definition) is 5. The van der Waals surface area contributed by atoms with Crippen LogP contribution in [0.3, 0.4) is 0 Å². The van der Waals surface area contributed by atoms with Crippen LogP contribution in [-0.2, 0) is 14.3 Å². The number of benzene rings is 1. The highest BCUT2D eigenvalue weighted by Crippen LogP contribution is 2.24.